The summed E-state index contributed by atoms with van der Waals surface area (Å²) in [4.78, 5) is 37.2. The van der Waals surface area contributed by atoms with Gasteiger partial charge < -0.3 is 15.1 Å². The summed E-state index contributed by atoms with van der Waals surface area (Å²) in [7, 11) is 0. The number of aryl methyl sites for hydroxylation is 1. The topological polar surface area (TPSA) is 94.9 Å². The Labute approximate surface area is 160 Å². The fourth-order valence-electron chi connectivity index (χ4n) is 3.05. The number of aliphatic hydroxyl groups excluding tert-OH is 1. The molecule has 1 aliphatic heterocycles. The Bertz CT molecular complexity index is 947. The van der Waals surface area contributed by atoms with Crippen LogP contribution in [-0.2, 0) is 14.4 Å². The Morgan fingerprint density at radius 1 is 1.04 bits per heavy atom. The summed E-state index contributed by atoms with van der Waals surface area (Å²) in [5.41, 5.74) is 1.67. The number of rotatable bonds is 4. The number of ketones is 1. The van der Waals surface area contributed by atoms with Crippen LogP contribution in [0.5, 0.6) is 0 Å². The molecule has 1 heterocycles. The molecule has 2 aromatic carbocycles. The average molecular weight is 386 g/mol. The lowest BCUT2D eigenvalue weighted by atomic mass is 9.95. The normalized spacial score (nSPS) is 18.7. The monoisotopic (exact) mass is 385 g/mol. The third-order valence-electron chi connectivity index (χ3n) is 4.36. The Morgan fingerprint density at radius 2 is 1.63 bits per heavy atom. The van der Waals surface area contributed by atoms with Gasteiger partial charge in [0.2, 0.25) is 0 Å². The average Bonchev–Trinajstić information content (AvgIpc) is 2.87. The zero-order valence-electron chi connectivity index (χ0n) is 14.3. The summed E-state index contributed by atoms with van der Waals surface area (Å²) in [5, 5.41) is 20.3. The molecule has 0 bridgehead atoms. The number of aliphatic carboxylic acids is 1. The molecule has 0 saturated carbocycles. The molecule has 3 rings (SSSR count). The number of carboxylic acid groups (broad SMARTS) is 1. The summed E-state index contributed by atoms with van der Waals surface area (Å²) in [6.07, 6.45) is 0. The Kier molecular flexibility index (Phi) is 5.01. The largest absolute Gasteiger partial charge is 0.507 e. The molecule has 7 heteroatoms. The highest BCUT2D eigenvalue weighted by atomic mass is 35.5. The van der Waals surface area contributed by atoms with E-state index in [0.29, 0.717) is 16.1 Å². The van der Waals surface area contributed by atoms with E-state index in [1.807, 2.05) is 6.92 Å². The van der Waals surface area contributed by atoms with Gasteiger partial charge in [-0.25, -0.2) is 0 Å². The molecule has 27 heavy (non-hydrogen) atoms. The minimum Gasteiger partial charge on any atom is -0.507 e. The van der Waals surface area contributed by atoms with Crippen LogP contribution in [0, 0.1) is 6.92 Å². The molecule has 2 N–H and O–H groups in total. The highest BCUT2D eigenvalue weighted by Crippen LogP contribution is 2.39. The summed E-state index contributed by atoms with van der Waals surface area (Å²) in [6, 6.07) is 12.1. The van der Waals surface area contributed by atoms with E-state index in [0.717, 1.165) is 10.5 Å². The van der Waals surface area contributed by atoms with Crippen molar-refractivity contribution < 1.29 is 24.6 Å². The van der Waals surface area contributed by atoms with Crippen LogP contribution >= 0.6 is 11.6 Å². The second-order valence-corrected chi connectivity index (χ2v) is 6.67. The van der Waals surface area contributed by atoms with E-state index < -0.39 is 30.2 Å². The van der Waals surface area contributed by atoms with Crippen molar-refractivity contribution in [2.45, 2.75) is 13.0 Å². The zero-order valence-corrected chi connectivity index (χ0v) is 15.1. The SMILES string of the molecule is Cc1ccc(/C(O)=C2\C(=O)C(=O)N(CC(=O)O)C2c2ccc(Cl)cc2)cc1. The quantitative estimate of drug-likeness (QED) is 0.479. The van der Waals surface area contributed by atoms with E-state index in [1.54, 1.807) is 48.5 Å². The number of carboxylic acids is 1. The van der Waals surface area contributed by atoms with E-state index >= 15 is 0 Å². The Balaban J connectivity index is 2.19. The maximum atomic E-state index is 12.6. The van der Waals surface area contributed by atoms with Crippen LogP contribution in [0.1, 0.15) is 22.7 Å². The van der Waals surface area contributed by atoms with Gasteiger partial charge in [0, 0.05) is 10.6 Å². The number of aliphatic hydroxyl groups is 1. The van der Waals surface area contributed by atoms with E-state index in [2.05, 4.69) is 0 Å². The predicted octanol–water partition coefficient (Wildman–Crippen LogP) is 3.15. The first-order valence-corrected chi connectivity index (χ1v) is 8.50. The minimum atomic E-state index is -1.26. The number of Topliss-reactive ketones (excluding diaryl/α,β-unsaturated/α-hetero) is 1. The highest BCUT2D eigenvalue weighted by Gasteiger charge is 2.46. The van der Waals surface area contributed by atoms with Gasteiger partial charge in [-0.3, -0.25) is 14.4 Å². The molecule has 1 atom stereocenters. The molecule has 1 saturated heterocycles. The van der Waals surface area contributed by atoms with Gasteiger partial charge >= 0.3 is 5.97 Å². The Hall–Kier alpha value is -3.12. The van der Waals surface area contributed by atoms with Crippen molar-refractivity contribution in [3.8, 4) is 0 Å². The maximum absolute atomic E-state index is 12.6. The number of carbonyl (C=O) groups excluding carboxylic acids is 2. The number of hydrogen-bond acceptors (Lipinski definition) is 4. The van der Waals surface area contributed by atoms with Gasteiger partial charge in [-0.2, -0.15) is 0 Å². The van der Waals surface area contributed by atoms with Crippen LogP contribution in [0.3, 0.4) is 0 Å². The van der Waals surface area contributed by atoms with E-state index in [1.165, 1.54) is 0 Å². The number of likely N-dealkylation sites (tertiary alicyclic amines) is 1. The van der Waals surface area contributed by atoms with Crippen molar-refractivity contribution in [2.75, 3.05) is 6.54 Å². The van der Waals surface area contributed by atoms with E-state index in [9.17, 15) is 19.5 Å². The van der Waals surface area contributed by atoms with Gasteiger partial charge in [0.15, 0.2) is 0 Å². The molecule has 1 aliphatic rings. The van der Waals surface area contributed by atoms with Crippen LogP contribution < -0.4 is 0 Å². The smallest absolute Gasteiger partial charge is 0.323 e. The lowest BCUT2D eigenvalue weighted by Crippen LogP contribution is -2.34. The standard InChI is InChI=1S/C20H16ClNO5/c1-11-2-4-13(5-3-11)18(25)16-17(12-6-8-14(21)9-7-12)22(10-15(23)24)20(27)19(16)26/h2-9,17,25H,10H2,1H3,(H,23,24)/b18-16+. The molecule has 138 valence electrons. The molecular formula is C20H16ClNO5. The third kappa shape index (κ3) is 3.57. The fourth-order valence-corrected chi connectivity index (χ4v) is 3.17. The maximum Gasteiger partial charge on any atom is 0.323 e. The molecule has 0 spiro atoms. The molecule has 1 unspecified atom stereocenters. The summed E-state index contributed by atoms with van der Waals surface area (Å²) in [5.74, 6) is -3.49. The van der Waals surface area contributed by atoms with E-state index in [4.69, 9.17) is 16.7 Å². The fraction of sp³-hybridized carbons (Fsp3) is 0.150. The van der Waals surface area contributed by atoms with E-state index in [-0.39, 0.29) is 11.3 Å². The molecule has 0 aliphatic carbocycles. The first-order chi connectivity index (χ1) is 12.8. The molecule has 0 radical (unpaired) electrons. The molecule has 1 amide bonds. The van der Waals surface area contributed by atoms with Crippen molar-refractivity contribution in [1.82, 2.24) is 4.90 Å². The lowest BCUT2D eigenvalue weighted by molar-refractivity contribution is -0.146. The van der Waals surface area contributed by atoms with Gasteiger partial charge in [-0.1, -0.05) is 53.6 Å². The second-order valence-electron chi connectivity index (χ2n) is 6.24. The van der Waals surface area contributed by atoms with Crippen molar-refractivity contribution >= 4 is 35.0 Å². The first-order valence-electron chi connectivity index (χ1n) is 8.12. The van der Waals surface area contributed by atoms with Crippen LogP contribution in [0.4, 0.5) is 0 Å². The van der Waals surface area contributed by atoms with Crippen molar-refractivity contribution in [2.24, 2.45) is 0 Å². The first kappa shape index (κ1) is 18.7. The van der Waals surface area contributed by atoms with Crippen molar-refractivity contribution in [1.29, 1.82) is 0 Å². The molecular weight excluding hydrogens is 370 g/mol. The van der Waals surface area contributed by atoms with Gasteiger partial charge in [0.05, 0.1) is 11.6 Å². The number of nitrogens with zero attached hydrogens (tertiary/aromatic N) is 1. The molecule has 6 nitrogen and oxygen atoms in total. The van der Waals surface area contributed by atoms with Crippen molar-refractivity contribution in [3.63, 3.8) is 0 Å². The summed E-state index contributed by atoms with van der Waals surface area (Å²) < 4.78 is 0. The number of benzene rings is 2. The highest BCUT2D eigenvalue weighted by molar-refractivity contribution is 6.46. The Morgan fingerprint density at radius 3 is 2.19 bits per heavy atom. The van der Waals surface area contributed by atoms with Gasteiger partial charge in [-0.05, 0) is 24.6 Å². The summed E-state index contributed by atoms with van der Waals surface area (Å²) >= 11 is 5.90. The second kappa shape index (κ2) is 7.25. The van der Waals surface area contributed by atoms with Crippen molar-refractivity contribution in [3.05, 3.63) is 75.8 Å². The van der Waals surface area contributed by atoms with Gasteiger partial charge in [0.1, 0.15) is 12.3 Å². The summed E-state index contributed by atoms with van der Waals surface area (Å²) in [6.45, 7) is 1.21. The molecule has 0 aromatic heterocycles. The molecule has 1 fully saturated rings. The number of hydrogen-bond donors (Lipinski definition) is 2. The minimum absolute atomic E-state index is 0.146. The number of carbonyl (C=O) groups is 3. The van der Waals surface area contributed by atoms with Crippen LogP contribution in [0.25, 0.3) is 5.76 Å². The zero-order chi connectivity index (χ0) is 19.7. The number of amides is 1. The molecule has 2 aromatic rings. The predicted molar refractivity (Wildman–Crippen MR) is 99.3 cm³/mol. The number of halogens is 1. The van der Waals surface area contributed by atoms with Gasteiger partial charge in [0.25, 0.3) is 11.7 Å². The van der Waals surface area contributed by atoms with Crippen LogP contribution in [0.2, 0.25) is 5.02 Å². The van der Waals surface area contributed by atoms with Gasteiger partial charge in [-0.15, -0.1) is 0 Å². The lowest BCUT2D eigenvalue weighted by Gasteiger charge is -2.23. The third-order valence-corrected chi connectivity index (χ3v) is 4.61. The van der Waals surface area contributed by atoms with Crippen LogP contribution in [-0.4, -0.2) is 39.3 Å². The van der Waals surface area contributed by atoms with Crippen LogP contribution in [0.15, 0.2) is 54.1 Å².